The molecule has 1 heterocycles. The van der Waals surface area contributed by atoms with E-state index < -0.39 is 71.2 Å². The van der Waals surface area contributed by atoms with Gasteiger partial charge in [-0.3, -0.25) is 9.35 Å². The SMILES string of the molecule is CCCCCCCCCCCCC/C=C/C=C/C(=O)O[C@H](COC(=O)CCCCCCCCCCC)CO[C@H]1O[C@H](CS(=O)(=O)O)[C@@H](O)C(O)C1O. The van der Waals surface area contributed by atoms with Gasteiger partial charge in [-0.1, -0.05) is 148 Å². The fraction of sp³-hybridized carbons (Fsp3) is 0.846. The molecule has 52 heavy (non-hydrogen) atoms. The Labute approximate surface area is 313 Å². The summed E-state index contributed by atoms with van der Waals surface area (Å²) in [5.74, 6) is -2.25. The Balaban J connectivity index is 2.57. The van der Waals surface area contributed by atoms with Crippen molar-refractivity contribution in [3.8, 4) is 0 Å². The van der Waals surface area contributed by atoms with Gasteiger partial charge in [-0.2, -0.15) is 8.42 Å². The molecular formula is C39H70O12S. The second-order valence-electron chi connectivity index (χ2n) is 14.0. The van der Waals surface area contributed by atoms with Crippen LogP contribution in [-0.2, 0) is 38.7 Å². The maximum Gasteiger partial charge on any atom is 0.331 e. The van der Waals surface area contributed by atoms with E-state index in [0.717, 1.165) is 38.5 Å². The van der Waals surface area contributed by atoms with Gasteiger partial charge in [0.25, 0.3) is 10.1 Å². The molecule has 6 atom stereocenters. The van der Waals surface area contributed by atoms with Gasteiger partial charge < -0.3 is 34.3 Å². The summed E-state index contributed by atoms with van der Waals surface area (Å²) >= 11 is 0. The first-order chi connectivity index (χ1) is 25.0. The molecule has 0 aliphatic carbocycles. The molecule has 0 aromatic carbocycles. The standard InChI is InChI=1S/C39H70O12S/c1-3-5-7-9-11-13-14-15-16-17-18-20-22-24-26-28-35(41)50-32(29-48-34(40)27-25-23-21-19-12-10-8-6-4-2)30-49-39-38(44)37(43)36(42)33(51-39)31-52(45,46)47/h22,24,26,28,32-33,36-39,42-44H,3-21,23,25,27,29-31H2,1-2H3,(H,45,46,47)/b24-22+,28-26+/t32-,33-,36-,37?,38?,39+/m1/s1. The fourth-order valence-corrected chi connectivity index (χ4v) is 6.69. The third-order valence-corrected chi connectivity index (χ3v) is 9.89. The van der Waals surface area contributed by atoms with Crippen molar-refractivity contribution in [2.75, 3.05) is 19.0 Å². The minimum Gasteiger partial charge on any atom is -0.462 e. The van der Waals surface area contributed by atoms with E-state index in [1.807, 2.05) is 6.08 Å². The third kappa shape index (κ3) is 25.2. The number of hydrogen-bond donors (Lipinski definition) is 4. The van der Waals surface area contributed by atoms with E-state index in [0.29, 0.717) is 6.42 Å². The maximum atomic E-state index is 12.6. The van der Waals surface area contributed by atoms with Crippen molar-refractivity contribution in [2.45, 2.75) is 192 Å². The van der Waals surface area contributed by atoms with E-state index in [1.165, 1.54) is 96.0 Å². The second kappa shape index (κ2) is 30.5. The zero-order valence-corrected chi connectivity index (χ0v) is 32.7. The van der Waals surface area contributed by atoms with Crippen LogP contribution in [0.15, 0.2) is 24.3 Å². The first-order valence-electron chi connectivity index (χ1n) is 19.9. The smallest absolute Gasteiger partial charge is 0.331 e. The molecule has 0 aromatic rings. The van der Waals surface area contributed by atoms with Crippen LogP contribution in [0.5, 0.6) is 0 Å². The molecule has 304 valence electrons. The Hall–Kier alpha value is -1.87. The maximum absolute atomic E-state index is 12.6. The van der Waals surface area contributed by atoms with Crippen molar-refractivity contribution < 1.29 is 56.8 Å². The molecule has 1 aliphatic heterocycles. The molecule has 1 rings (SSSR count). The summed E-state index contributed by atoms with van der Waals surface area (Å²) in [6.45, 7) is 3.61. The first-order valence-corrected chi connectivity index (χ1v) is 21.5. The van der Waals surface area contributed by atoms with Gasteiger partial charge in [0, 0.05) is 12.5 Å². The van der Waals surface area contributed by atoms with Crippen LogP contribution in [0.3, 0.4) is 0 Å². The number of allylic oxidation sites excluding steroid dienone is 3. The van der Waals surface area contributed by atoms with E-state index >= 15 is 0 Å². The number of carbonyl (C=O) groups excluding carboxylic acids is 2. The summed E-state index contributed by atoms with van der Waals surface area (Å²) in [5, 5.41) is 30.7. The number of ether oxygens (including phenoxy) is 4. The predicted octanol–water partition coefficient (Wildman–Crippen LogP) is 6.89. The first kappa shape index (κ1) is 48.1. The molecule has 0 spiro atoms. The molecular weight excluding hydrogens is 692 g/mol. The summed E-state index contributed by atoms with van der Waals surface area (Å²) in [7, 11) is -4.60. The van der Waals surface area contributed by atoms with Crippen molar-refractivity contribution in [1.29, 1.82) is 0 Å². The van der Waals surface area contributed by atoms with Gasteiger partial charge in [-0.25, -0.2) is 4.79 Å². The van der Waals surface area contributed by atoms with Gasteiger partial charge in [0.15, 0.2) is 12.4 Å². The van der Waals surface area contributed by atoms with Crippen molar-refractivity contribution in [3.63, 3.8) is 0 Å². The van der Waals surface area contributed by atoms with Crippen molar-refractivity contribution >= 4 is 22.1 Å². The third-order valence-electron chi connectivity index (χ3n) is 9.14. The molecule has 12 nitrogen and oxygen atoms in total. The highest BCUT2D eigenvalue weighted by Gasteiger charge is 2.46. The molecule has 13 heteroatoms. The van der Waals surface area contributed by atoms with E-state index in [2.05, 4.69) is 13.8 Å². The zero-order valence-electron chi connectivity index (χ0n) is 31.9. The van der Waals surface area contributed by atoms with E-state index in [4.69, 9.17) is 18.9 Å². The van der Waals surface area contributed by atoms with Crippen LogP contribution in [-0.4, -0.2) is 96.0 Å². The molecule has 1 fully saturated rings. The Bertz CT molecular complexity index is 1080. The van der Waals surface area contributed by atoms with Gasteiger partial charge in [-0.15, -0.1) is 0 Å². The van der Waals surface area contributed by atoms with E-state index in [-0.39, 0.29) is 13.0 Å². The van der Waals surface area contributed by atoms with Crippen LogP contribution in [0.25, 0.3) is 0 Å². The van der Waals surface area contributed by atoms with Crippen LogP contribution < -0.4 is 0 Å². The largest absolute Gasteiger partial charge is 0.462 e. The normalized spacial score (nSPS) is 21.5. The summed E-state index contributed by atoms with van der Waals surface area (Å²) in [6, 6.07) is 0. The van der Waals surface area contributed by atoms with Crippen LogP contribution in [0.2, 0.25) is 0 Å². The minimum absolute atomic E-state index is 0.201. The Kier molecular flexibility index (Phi) is 28.2. The number of unbranched alkanes of at least 4 members (excludes halogenated alkanes) is 19. The van der Waals surface area contributed by atoms with Crippen molar-refractivity contribution in [3.05, 3.63) is 24.3 Å². The predicted molar refractivity (Wildman–Crippen MR) is 201 cm³/mol. The highest BCUT2D eigenvalue weighted by molar-refractivity contribution is 7.85. The molecule has 1 saturated heterocycles. The summed E-state index contributed by atoms with van der Waals surface area (Å²) in [5.41, 5.74) is 0. The highest BCUT2D eigenvalue weighted by atomic mass is 32.2. The lowest BCUT2D eigenvalue weighted by atomic mass is 10.00. The molecule has 4 N–H and O–H groups in total. The van der Waals surface area contributed by atoms with Gasteiger partial charge in [-0.05, 0) is 19.3 Å². The van der Waals surface area contributed by atoms with Crippen molar-refractivity contribution in [2.24, 2.45) is 0 Å². The van der Waals surface area contributed by atoms with Crippen LogP contribution in [0, 0.1) is 0 Å². The minimum atomic E-state index is -4.60. The Morgan fingerprint density at radius 2 is 1.21 bits per heavy atom. The average Bonchev–Trinajstić information content (AvgIpc) is 3.10. The number of carbonyl (C=O) groups is 2. The lowest BCUT2D eigenvalue weighted by Crippen LogP contribution is -2.60. The fourth-order valence-electron chi connectivity index (χ4n) is 5.99. The molecule has 2 unspecified atom stereocenters. The lowest BCUT2D eigenvalue weighted by molar-refractivity contribution is -0.297. The Morgan fingerprint density at radius 3 is 1.75 bits per heavy atom. The van der Waals surface area contributed by atoms with Gasteiger partial charge in [0.05, 0.1) is 6.61 Å². The van der Waals surface area contributed by atoms with E-state index in [9.17, 15) is 37.9 Å². The number of aliphatic hydroxyl groups excluding tert-OH is 3. The summed E-state index contributed by atoms with van der Waals surface area (Å²) in [6.07, 6.45) is 21.7. The van der Waals surface area contributed by atoms with Crippen LogP contribution in [0.1, 0.15) is 155 Å². The van der Waals surface area contributed by atoms with Crippen LogP contribution in [0.4, 0.5) is 0 Å². The van der Waals surface area contributed by atoms with Gasteiger partial charge >= 0.3 is 11.9 Å². The van der Waals surface area contributed by atoms with Crippen LogP contribution >= 0.6 is 0 Å². The monoisotopic (exact) mass is 762 g/mol. The molecule has 1 aliphatic rings. The topological polar surface area (TPSA) is 186 Å². The van der Waals surface area contributed by atoms with Gasteiger partial charge in [0.1, 0.15) is 36.8 Å². The van der Waals surface area contributed by atoms with E-state index in [1.54, 1.807) is 12.2 Å². The summed E-state index contributed by atoms with van der Waals surface area (Å²) < 4.78 is 53.6. The lowest BCUT2D eigenvalue weighted by Gasteiger charge is -2.40. The van der Waals surface area contributed by atoms with Gasteiger partial charge in [0.2, 0.25) is 0 Å². The second-order valence-corrected chi connectivity index (χ2v) is 15.5. The highest BCUT2D eigenvalue weighted by Crippen LogP contribution is 2.24. The number of rotatable bonds is 32. The number of aliphatic hydroxyl groups is 3. The quantitative estimate of drug-likeness (QED) is 0.0183. The van der Waals surface area contributed by atoms with Crippen molar-refractivity contribution in [1.82, 2.24) is 0 Å². The molecule has 0 radical (unpaired) electrons. The molecule has 0 amide bonds. The summed E-state index contributed by atoms with van der Waals surface area (Å²) in [4.78, 5) is 25.1. The zero-order chi connectivity index (χ0) is 38.5. The average molecular weight is 763 g/mol. The molecule has 0 saturated carbocycles. The molecule has 0 bridgehead atoms. The Morgan fingerprint density at radius 1 is 0.692 bits per heavy atom. The number of hydrogen-bond acceptors (Lipinski definition) is 11. The number of esters is 2. The molecule has 0 aromatic heterocycles.